The first kappa shape index (κ1) is 17.1. The van der Waals surface area contributed by atoms with E-state index in [-0.39, 0.29) is 29.3 Å². The van der Waals surface area contributed by atoms with Crippen molar-refractivity contribution in [2.24, 2.45) is 17.8 Å². The summed E-state index contributed by atoms with van der Waals surface area (Å²) in [6.07, 6.45) is 2.08. The lowest BCUT2D eigenvalue weighted by Crippen LogP contribution is -2.45. The molecule has 2 aromatic rings. The van der Waals surface area contributed by atoms with Crippen molar-refractivity contribution >= 4 is 28.9 Å². The van der Waals surface area contributed by atoms with E-state index in [1.165, 1.54) is 0 Å². The minimum Gasteiger partial charge on any atom is -0.324 e. The second kappa shape index (κ2) is 6.54. The van der Waals surface area contributed by atoms with E-state index in [1.807, 2.05) is 66.6 Å². The number of nitrogens with one attached hydrogen (secondary N) is 1. The van der Waals surface area contributed by atoms with Crippen LogP contribution in [0.15, 0.2) is 54.6 Å². The molecule has 2 aromatic carbocycles. The highest BCUT2D eigenvalue weighted by molar-refractivity contribution is 6.21. The van der Waals surface area contributed by atoms with Crippen molar-refractivity contribution < 1.29 is 9.63 Å². The van der Waals surface area contributed by atoms with Gasteiger partial charge in [-0.25, -0.2) is 5.06 Å². The molecule has 2 bridgehead atoms. The van der Waals surface area contributed by atoms with Gasteiger partial charge in [0.05, 0.1) is 11.8 Å². The van der Waals surface area contributed by atoms with Crippen LogP contribution in [0.3, 0.4) is 0 Å². The van der Waals surface area contributed by atoms with E-state index < -0.39 is 0 Å². The average Bonchev–Trinajstić information content (AvgIpc) is 3.34. The standard InChI is InChI=1S/C22H23ClN2O2/c1-13-7-5-6-10-18(13)24-22(26)20-19-14-11-16(17(23)12-14)21(19)27-25(20)15-8-3-2-4-9-15/h2-10,14,16-17,19-21H,11-12H2,1H3,(H,24,26)/t14-,16+,17+,19+,20+,21-/m0/s1. The summed E-state index contributed by atoms with van der Waals surface area (Å²) in [4.78, 5) is 19.8. The molecular weight excluding hydrogens is 360 g/mol. The van der Waals surface area contributed by atoms with Gasteiger partial charge < -0.3 is 5.32 Å². The summed E-state index contributed by atoms with van der Waals surface area (Å²) in [5.41, 5.74) is 2.83. The largest absolute Gasteiger partial charge is 0.324 e. The molecule has 5 heteroatoms. The van der Waals surface area contributed by atoms with E-state index >= 15 is 0 Å². The Labute approximate surface area is 164 Å². The molecule has 1 heterocycles. The molecule has 1 saturated heterocycles. The lowest BCUT2D eigenvalue weighted by atomic mass is 9.81. The summed E-state index contributed by atoms with van der Waals surface area (Å²) >= 11 is 6.55. The highest BCUT2D eigenvalue weighted by Crippen LogP contribution is 2.57. The summed E-state index contributed by atoms with van der Waals surface area (Å²) in [6.45, 7) is 2.01. The van der Waals surface area contributed by atoms with E-state index in [0.717, 1.165) is 29.8 Å². The summed E-state index contributed by atoms with van der Waals surface area (Å²) < 4.78 is 0. The lowest BCUT2D eigenvalue weighted by Gasteiger charge is -2.29. The molecule has 1 amide bonds. The van der Waals surface area contributed by atoms with Crippen molar-refractivity contribution in [3.8, 4) is 0 Å². The number of benzene rings is 2. The maximum atomic E-state index is 13.4. The normalized spacial score (nSPS) is 33.9. The molecule has 1 N–H and O–H groups in total. The number of rotatable bonds is 3. The zero-order valence-electron chi connectivity index (χ0n) is 15.2. The van der Waals surface area contributed by atoms with Gasteiger partial charge in [-0.05, 0) is 49.4 Å². The number of hydroxylamine groups is 1. The van der Waals surface area contributed by atoms with E-state index in [2.05, 4.69) is 5.32 Å². The van der Waals surface area contributed by atoms with E-state index in [9.17, 15) is 4.79 Å². The first-order valence-electron chi connectivity index (χ1n) is 9.65. The maximum Gasteiger partial charge on any atom is 0.250 e. The summed E-state index contributed by atoms with van der Waals surface area (Å²) in [5.74, 6) is 0.974. The molecule has 6 atom stereocenters. The first-order chi connectivity index (χ1) is 13.1. The van der Waals surface area contributed by atoms with Gasteiger partial charge in [0.2, 0.25) is 5.91 Å². The van der Waals surface area contributed by atoms with Gasteiger partial charge in [-0.15, -0.1) is 11.6 Å². The Morgan fingerprint density at radius 3 is 2.63 bits per heavy atom. The van der Waals surface area contributed by atoms with Crippen LogP contribution < -0.4 is 10.4 Å². The number of fused-ring (bicyclic) bond motifs is 5. The number of amides is 1. The molecule has 3 aliphatic rings. The van der Waals surface area contributed by atoms with Crippen LogP contribution in [-0.4, -0.2) is 23.4 Å². The van der Waals surface area contributed by atoms with E-state index in [1.54, 1.807) is 0 Å². The number of para-hydroxylation sites is 2. The number of halogens is 1. The summed E-state index contributed by atoms with van der Waals surface area (Å²) in [6, 6.07) is 17.5. The fraction of sp³-hybridized carbons (Fsp3) is 0.409. The predicted octanol–water partition coefficient (Wildman–Crippen LogP) is 4.39. The number of hydrogen-bond acceptors (Lipinski definition) is 3. The molecule has 0 unspecified atom stereocenters. The Hall–Kier alpha value is -2.04. The molecule has 2 saturated carbocycles. The minimum absolute atomic E-state index is 0.000625. The predicted molar refractivity (Wildman–Crippen MR) is 107 cm³/mol. The maximum absolute atomic E-state index is 13.4. The molecular formula is C22H23ClN2O2. The minimum atomic E-state index is -0.337. The summed E-state index contributed by atoms with van der Waals surface area (Å²) in [5, 5.41) is 5.13. The van der Waals surface area contributed by atoms with Crippen LogP contribution >= 0.6 is 11.6 Å². The van der Waals surface area contributed by atoms with Gasteiger partial charge in [-0.1, -0.05) is 36.4 Å². The Morgan fingerprint density at radius 1 is 1.11 bits per heavy atom. The average molecular weight is 383 g/mol. The topological polar surface area (TPSA) is 41.6 Å². The molecule has 27 heavy (non-hydrogen) atoms. The number of carbonyl (C=O) groups is 1. The molecule has 1 aliphatic heterocycles. The Morgan fingerprint density at radius 2 is 1.85 bits per heavy atom. The van der Waals surface area contributed by atoms with Gasteiger partial charge >= 0.3 is 0 Å². The van der Waals surface area contributed by atoms with Gasteiger partial charge in [-0.2, -0.15) is 0 Å². The van der Waals surface area contributed by atoms with Crippen LogP contribution in [0.4, 0.5) is 11.4 Å². The number of anilines is 2. The molecule has 3 fully saturated rings. The molecule has 0 spiro atoms. The highest BCUT2D eigenvalue weighted by Gasteiger charge is 2.62. The smallest absolute Gasteiger partial charge is 0.250 e. The number of aryl methyl sites for hydroxylation is 1. The first-order valence-corrected chi connectivity index (χ1v) is 10.1. The van der Waals surface area contributed by atoms with Crippen molar-refractivity contribution in [3.63, 3.8) is 0 Å². The molecule has 4 nitrogen and oxygen atoms in total. The Bertz CT molecular complexity index is 858. The van der Waals surface area contributed by atoms with Gasteiger partial charge in [-0.3, -0.25) is 9.63 Å². The van der Waals surface area contributed by atoms with Crippen LogP contribution in [0.1, 0.15) is 18.4 Å². The number of carbonyl (C=O) groups excluding carboxylic acids is 1. The quantitative estimate of drug-likeness (QED) is 0.800. The third-order valence-electron chi connectivity index (χ3n) is 6.45. The van der Waals surface area contributed by atoms with Crippen molar-refractivity contribution in [1.82, 2.24) is 0 Å². The third kappa shape index (κ3) is 2.74. The fourth-order valence-corrected chi connectivity index (χ4v) is 5.68. The van der Waals surface area contributed by atoms with Crippen molar-refractivity contribution in [1.29, 1.82) is 0 Å². The van der Waals surface area contributed by atoms with E-state index in [0.29, 0.717) is 11.8 Å². The zero-order valence-corrected chi connectivity index (χ0v) is 16.0. The second-order valence-electron chi connectivity index (χ2n) is 7.97. The van der Waals surface area contributed by atoms with Crippen LogP contribution in [0.2, 0.25) is 0 Å². The third-order valence-corrected chi connectivity index (χ3v) is 6.95. The number of nitrogens with zero attached hydrogens (tertiary/aromatic N) is 1. The van der Waals surface area contributed by atoms with Crippen LogP contribution in [-0.2, 0) is 9.63 Å². The van der Waals surface area contributed by atoms with Crippen LogP contribution in [0.25, 0.3) is 0 Å². The molecule has 0 aromatic heterocycles. The highest BCUT2D eigenvalue weighted by atomic mass is 35.5. The van der Waals surface area contributed by atoms with E-state index in [4.69, 9.17) is 16.4 Å². The Kier molecular flexibility index (Phi) is 4.14. The lowest BCUT2D eigenvalue weighted by molar-refractivity contribution is -0.118. The second-order valence-corrected chi connectivity index (χ2v) is 8.53. The molecule has 0 radical (unpaired) electrons. The van der Waals surface area contributed by atoms with Crippen molar-refractivity contribution in [3.05, 3.63) is 60.2 Å². The van der Waals surface area contributed by atoms with Crippen molar-refractivity contribution in [2.75, 3.05) is 10.4 Å². The molecule has 5 rings (SSSR count). The van der Waals surface area contributed by atoms with Gasteiger partial charge in [0.1, 0.15) is 6.04 Å². The van der Waals surface area contributed by atoms with Crippen LogP contribution in [0, 0.1) is 24.7 Å². The Balaban J connectivity index is 1.48. The van der Waals surface area contributed by atoms with Gasteiger partial charge in [0, 0.05) is 22.9 Å². The summed E-state index contributed by atoms with van der Waals surface area (Å²) in [7, 11) is 0. The van der Waals surface area contributed by atoms with Crippen LogP contribution in [0.5, 0.6) is 0 Å². The fourth-order valence-electron chi connectivity index (χ4n) is 5.20. The zero-order chi connectivity index (χ0) is 18.5. The SMILES string of the molecule is Cc1ccccc1NC(=O)[C@H]1[C@H]2[C@H]3C[C@@H]([C@@H]2ON1c1ccccc1)[C@H](Cl)C3. The number of hydrogen-bond donors (Lipinski definition) is 1. The van der Waals surface area contributed by atoms with Crippen molar-refractivity contribution in [2.45, 2.75) is 37.3 Å². The monoisotopic (exact) mass is 382 g/mol. The molecule has 2 aliphatic carbocycles. The molecule has 140 valence electrons. The number of alkyl halides is 1. The van der Waals surface area contributed by atoms with Gasteiger partial charge in [0.15, 0.2) is 0 Å². The van der Waals surface area contributed by atoms with Gasteiger partial charge in [0.25, 0.3) is 0 Å².